The summed E-state index contributed by atoms with van der Waals surface area (Å²) in [5, 5.41) is 3.11. The van der Waals surface area contributed by atoms with Gasteiger partial charge in [-0.2, -0.15) is 0 Å². The van der Waals surface area contributed by atoms with Gasteiger partial charge in [-0.1, -0.05) is 36.4 Å². The van der Waals surface area contributed by atoms with E-state index in [0.717, 1.165) is 24.8 Å². The number of amides is 1. The van der Waals surface area contributed by atoms with Crippen LogP contribution in [0.25, 0.3) is 6.08 Å². The van der Waals surface area contributed by atoms with Crippen molar-refractivity contribution < 1.29 is 17.9 Å². The van der Waals surface area contributed by atoms with Crippen molar-refractivity contribution in [3.63, 3.8) is 0 Å². The van der Waals surface area contributed by atoms with Gasteiger partial charge in [0.2, 0.25) is 15.9 Å². The third-order valence-electron chi connectivity index (χ3n) is 5.07. The van der Waals surface area contributed by atoms with Gasteiger partial charge in [-0.15, -0.1) is 0 Å². The van der Waals surface area contributed by atoms with Crippen LogP contribution in [0.1, 0.15) is 30.4 Å². The maximum absolute atomic E-state index is 12.5. The maximum atomic E-state index is 12.5. The van der Waals surface area contributed by atoms with Gasteiger partial charge in [-0.25, -0.2) is 13.1 Å². The van der Waals surface area contributed by atoms with Crippen molar-refractivity contribution in [3.8, 4) is 5.75 Å². The summed E-state index contributed by atoms with van der Waals surface area (Å²) in [6, 6.07) is 14.7. The van der Waals surface area contributed by atoms with Gasteiger partial charge in [0.05, 0.1) is 12.6 Å². The molecule has 0 aromatic heterocycles. The first-order chi connectivity index (χ1) is 13.4. The van der Waals surface area contributed by atoms with E-state index >= 15 is 0 Å². The molecule has 2 aromatic carbocycles. The van der Waals surface area contributed by atoms with E-state index in [9.17, 15) is 13.2 Å². The monoisotopic (exact) mass is 400 g/mol. The first kappa shape index (κ1) is 20.1. The lowest BCUT2D eigenvalue weighted by Crippen LogP contribution is -2.50. The summed E-state index contributed by atoms with van der Waals surface area (Å²) in [5.41, 5.74) is 1.38. The molecule has 1 aliphatic rings. The first-order valence-corrected chi connectivity index (χ1v) is 10.6. The van der Waals surface area contributed by atoms with Crippen molar-refractivity contribution in [2.24, 2.45) is 0 Å². The predicted octanol–water partition coefficient (Wildman–Crippen LogP) is 2.81. The normalized spacial score (nSPS) is 15.8. The van der Waals surface area contributed by atoms with Crippen LogP contribution in [0.4, 0.5) is 0 Å². The summed E-state index contributed by atoms with van der Waals surface area (Å²) in [5.74, 6) is 0.0332. The van der Waals surface area contributed by atoms with Crippen molar-refractivity contribution in [1.82, 2.24) is 10.0 Å². The van der Waals surface area contributed by atoms with Crippen molar-refractivity contribution in [1.29, 1.82) is 0 Å². The average Bonchev–Trinajstić information content (AvgIpc) is 2.69. The molecule has 148 valence electrons. The van der Waals surface area contributed by atoms with Crippen molar-refractivity contribution >= 4 is 22.0 Å². The number of carbonyl (C=O) groups excluding carboxylic acids is 1. The van der Waals surface area contributed by atoms with Crippen LogP contribution in [0.5, 0.6) is 5.75 Å². The molecule has 0 saturated heterocycles. The van der Waals surface area contributed by atoms with E-state index in [2.05, 4.69) is 10.0 Å². The number of ether oxygens (including phenoxy) is 1. The fraction of sp³-hybridized carbons (Fsp3) is 0.286. The highest BCUT2D eigenvalue weighted by molar-refractivity contribution is 7.89. The van der Waals surface area contributed by atoms with Crippen LogP contribution < -0.4 is 14.8 Å². The largest absolute Gasteiger partial charge is 0.495 e. The third-order valence-corrected chi connectivity index (χ3v) is 6.50. The van der Waals surface area contributed by atoms with E-state index in [-0.39, 0.29) is 22.1 Å². The van der Waals surface area contributed by atoms with Gasteiger partial charge in [0, 0.05) is 6.08 Å². The predicted molar refractivity (Wildman–Crippen MR) is 108 cm³/mol. The van der Waals surface area contributed by atoms with Gasteiger partial charge in [-0.05, 0) is 55.6 Å². The summed E-state index contributed by atoms with van der Waals surface area (Å²) in [7, 11) is -0.920. The highest BCUT2D eigenvalue weighted by atomic mass is 32.2. The highest BCUT2D eigenvalue weighted by Crippen LogP contribution is 2.41. The molecule has 0 radical (unpaired) electrons. The SMILES string of the molecule is CNS(=O)(=O)c1cc(C=CC(=O)NC2(c3ccccc3)CCC2)ccc1OC. The van der Waals surface area contributed by atoms with E-state index < -0.39 is 10.0 Å². The number of carbonyl (C=O) groups is 1. The number of hydrogen-bond donors (Lipinski definition) is 2. The highest BCUT2D eigenvalue weighted by Gasteiger charge is 2.39. The lowest BCUT2D eigenvalue weighted by atomic mass is 9.72. The summed E-state index contributed by atoms with van der Waals surface area (Å²) in [4.78, 5) is 12.5. The Morgan fingerprint density at radius 3 is 2.43 bits per heavy atom. The molecule has 0 aliphatic heterocycles. The fourth-order valence-electron chi connectivity index (χ4n) is 3.34. The standard InChI is InChI=1S/C21H24N2O4S/c1-22-28(25,26)19-15-16(9-11-18(19)27-2)10-12-20(24)23-21(13-6-14-21)17-7-4-3-5-8-17/h3-5,7-12,15,22H,6,13-14H2,1-2H3,(H,23,24). The average molecular weight is 401 g/mol. The molecule has 3 rings (SSSR count). The van der Waals surface area contributed by atoms with Crippen molar-refractivity contribution in [2.45, 2.75) is 29.7 Å². The second kappa shape index (κ2) is 8.16. The van der Waals surface area contributed by atoms with Gasteiger partial charge in [0.25, 0.3) is 0 Å². The van der Waals surface area contributed by atoms with E-state index in [1.807, 2.05) is 30.3 Å². The van der Waals surface area contributed by atoms with Crippen LogP contribution in [0.3, 0.4) is 0 Å². The molecule has 1 amide bonds. The van der Waals surface area contributed by atoms with Gasteiger partial charge < -0.3 is 10.1 Å². The summed E-state index contributed by atoms with van der Waals surface area (Å²) in [6.07, 6.45) is 5.91. The molecule has 2 N–H and O–H groups in total. The summed E-state index contributed by atoms with van der Waals surface area (Å²) >= 11 is 0. The Morgan fingerprint density at radius 1 is 1.14 bits per heavy atom. The molecule has 2 aromatic rings. The van der Waals surface area contributed by atoms with E-state index in [1.54, 1.807) is 18.2 Å². The number of hydrogen-bond acceptors (Lipinski definition) is 4. The number of methoxy groups -OCH3 is 1. The summed E-state index contributed by atoms with van der Waals surface area (Å²) < 4.78 is 31.7. The van der Waals surface area contributed by atoms with Gasteiger partial charge in [0.15, 0.2) is 0 Å². The minimum Gasteiger partial charge on any atom is -0.495 e. The van der Waals surface area contributed by atoms with E-state index in [1.165, 1.54) is 26.3 Å². The first-order valence-electron chi connectivity index (χ1n) is 9.07. The second-order valence-corrected chi connectivity index (χ2v) is 8.60. The summed E-state index contributed by atoms with van der Waals surface area (Å²) in [6.45, 7) is 0. The molecule has 0 bridgehead atoms. The van der Waals surface area contributed by atoms with Crippen LogP contribution in [-0.2, 0) is 20.4 Å². The molecule has 1 fully saturated rings. The molecule has 28 heavy (non-hydrogen) atoms. The minimum absolute atomic E-state index is 0.0276. The van der Waals surface area contributed by atoms with Crippen LogP contribution in [0, 0.1) is 0 Å². The van der Waals surface area contributed by atoms with Gasteiger partial charge >= 0.3 is 0 Å². The Bertz CT molecular complexity index is 981. The van der Waals surface area contributed by atoms with E-state index in [4.69, 9.17) is 4.74 Å². The van der Waals surface area contributed by atoms with Crippen LogP contribution >= 0.6 is 0 Å². The Hall–Kier alpha value is -2.64. The van der Waals surface area contributed by atoms with Crippen LogP contribution in [0.15, 0.2) is 59.5 Å². The molecule has 0 atom stereocenters. The van der Waals surface area contributed by atoms with Crippen LogP contribution in [0.2, 0.25) is 0 Å². The smallest absolute Gasteiger partial charge is 0.244 e. The Kier molecular flexibility index (Phi) is 5.86. The zero-order valence-electron chi connectivity index (χ0n) is 15.9. The third kappa shape index (κ3) is 4.10. The van der Waals surface area contributed by atoms with Crippen molar-refractivity contribution in [3.05, 3.63) is 65.7 Å². The van der Waals surface area contributed by atoms with Gasteiger partial charge in [-0.3, -0.25) is 4.79 Å². The molecular weight excluding hydrogens is 376 g/mol. The maximum Gasteiger partial charge on any atom is 0.244 e. The second-order valence-electron chi connectivity index (χ2n) is 6.74. The molecule has 1 aliphatic carbocycles. The Labute approximate surface area is 165 Å². The molecule has 6 nitrogen and oxygen atoms in total. The zero-order valence-corrected chi connectivity index (χ0v) is 16.8. The zero-order chi connectivity index (χ0) is 20.2. The number of rotatable bonds is 7. The van der Waals surface area contributed by atoms with Crippen LogP contribution in [-0.4, -0.2) is 28.5 Å². The fourth-order valence-corrected chi connectivity index (χ4v) is 4.27. The van der Waals surface area contributed by atoms with E-state index in [0.29, 0.717) is 5.56 Å². The molecule has 1 saturated carbocycles. The number of sulfonamides is 1. The Balaban J connectivity index is 1.78. The molecular formula is C21H24N2O4S. The molecule has 7 heteroatoms. The quantitative estimate of drug-likeness (QED) is 0.700. The lowest BCUT2D eigenvalue weighted by Gasteiger charge is -2.42. The molecule has 0 spiro atoms. The number of benzene rings is 2. The molecule has 0 heterocycles. The minimum atomic E-state index is -3.67. The van der Waals surface area contributed by atoms with Gasteiger partial charge in [0.1, 0.15) is 10.6 Å². The molecule has 0 unspecified atom stereocenters. The van der Waals surface area contributed by atoms with Crippen molar-refractivity contribution in [2.75, 3.05) is 14.2 Å². The lowest BCUT2D eigenvalue weighted by molar-refractivity contribution is -0.119. The Morgan fingerprint density at radius 2 is 1.86 bits per heavy atom. The number of nitrogens with one attached hydrogen (secondary N) is 2. The topological polar surface area (TPSA) is 84.5 Å².